The largest absolute Gasteiger partial charge is 0.495 e. The first-order valence-electron chi connectivity index (χ1n) is 6.30. The number of thiophene rings is 1. The van der Waals surface area contributed by atoms with E-state index in [1.165, 1.54) is 24.5 Å². The number of aliphatic hydroxyl groups excluding tert-OH is 1. The van der Waals surface area contributed by atoms with Crippen LogP contribution in [0.1, 0.15) is 16.5 Å². The number of aliphatic hydroxyl groups is 1. The van der Waals surface area contributed by atoms with E-state index in [4.69, 9.17) is 4.74 Å². The predicted octanol–water partition coefficient (Wildman–Crippen LogP) is 4.89. The van der Waals surface area contributed by atoms with Gasteiger partial charge in [-0.2, -0.15) is 0 Å². The van der Waals surface area contributed by atoms with Gasteiger partial charge in [0.1, 0.15) is 17.7 Å². The van der Waals surface area contributed by atoms with E-state index < -0.39 is 11.9 Å². The topological polar surface area (TPSA) is 29.5 Å². The highest BCUT2D eigenvalue weighted by Crippen LogP contribution is 2.40. The highest BCUT2D eigenvalue weighted by molar-refractivity contribution is 9.10. The van der Waals surface area contributed by atoms with Crippen LogP contribution in [0.5, 0.6) is 5.75 Å². The molecule has 3 rings (SSSR count). The van der Waals surface area contributed by atoms with Crippen molar-refractivity contribution in [3.63, 3.8) is 0 Å². The second-order valence-electron chi connectivity index (χ2n) is 4.57. The van der Waals surface area contributed by atoms with E-state index in [1.807, 2.05) is 30.3 Å². The van der Waals surface area contributed by atoms with Gasteiger partial charge in [0, 0.05) is 9.58 Å². The second kappa shape index (κ2) is 5.75. The van der Waals surface area contributed by atoms with E-state index in [-0.39, 0.29) is 5.56 Å². The molecule has 1 unspecified atom stereocenters. The maximum Gasteiger partial charge on any atom is 0.142 e. The smallest absolute Gasteiger partial charge is 0.142 e. The molecule has 0 aliphatic rings. The Bertz CT molecular complexity index is 767. The van der Waals surface area contributed by atoms with Crippen LogP contribution in [0.3, 0.4) is 0 Å². The van der Waals surface area contributed by atoms with Crippen LogP contribution in [-0.2, 0) is 0 Å². The molecule has 5 heteroatoms. The number of methoxy groups -OCH3 is 1. The van der Waals surface area contributed by atoms with Gasteiger partial charge in [-0.15, -0.1) is 11.3 Å². The van der Waals surface area contributed by atoms with Crippen LogP contribution in [0, 0.1) is 5.82 Å². The lowest BCUT2D eigenvalue weighted by molar-refractivity contribution is 0.212. The minimum absolute atomic E-state index is 0.151. The first-order chi connectivity index (χ1) is 10.1. The lowest BCUT2D eigenvalue weighted by Gasteiger charge is -2.15. The summed E-state index contributed by atoms with van der Waals surface area (Å²) < 4.78 is 21.1. The van der Waals surface area contributed by atoms with Crippen molar-refractivity contribution in [1.82, 2.24) is 0 Å². The van der Waals surface area contributed by atoms with Crippen molar-refractivity contribution in [3.8, 4) is 5.75 Å². The summed E-state index contributed by atoms with van der Waals surface area (Å²) in [5.41, 5.74) is 0.151. The van der Waals surface area contributed by atoms with Gasteiger partial charge in [0.2, 0.25) is 0 Å². The number of halogens is 2. The molecule has 2 nitrogen and oxygen atoms in total. The van der Waals surface area contributed by atoms with Crippen LogP contribution in [-0.4, -0.2) is 12.2 Å². The molecule has 1 heterocycles. The summed E-state index contributed by atoms with van der Waals surface area (Å²) in [6, 6.07) is 12.6. The van der Waals surface area contributed by atoms with E-state index in [0.717, 1.165) is 10.1 Å². The molecule has 0 spiro atoms. The van der Waals surface area contributed by atoms with E-state index in [0.29, 0.717) is 15.1 Å². The zero-order valence-corrected chi connectivity index (χ0v) is 13.5. The lowest BCUT2D eigenvalue weighted by Crippen LogP contribution is -2.04. The standard InChI is InChI=1S/C16H12BrFO2S/c1-20-16-10(17)6-7-11(18)14(16)15(19)13-8-9-4-2-3-5-12(9)21-13/h2-8,15,19H,1H3. The summed E-state index contributed by atoms with van der Waals surface area (Å²) in [4.78, 5) is 0.687. The third-order valence-corrected chi connectivity index (χ3v) is 5.08. The first kappa shape index (κ1) is 14.5. The Morgan fingerprint density at radius 1 is 1.24 bits per heavy atom. The fourth-order valence-corrected chi connectivity index (χ4v) is 3.86. The molecule has 0 saturated carbocycles. The van der Waals surface area contributed by atoms with Gasteiger partial charge < -0.3 is 9.84 Å². The van der Waals surface area contributed by atoms with Crippen LogP contribution in [0.4, 0.5) is 4.39 Å². The molecule has 1 aromatic heterocycles. The molecule has 0 bridgehead atoms. The SMILES string of the molecule is COc1c(Br)ccc(F)c1C(O)c1cc2ccccc2s1. The van der Waals surface area contributed by atoms with Gasteiger partial charge in [0.15, 0.2) is 0 Å². The molecular weight excluding hydrogens is 355 g/mol. The first-order valence-corrected chi connectivity index (χ1v) is 7.91. The Kier molecular flexibility index (Phi) is 3.97. The zero-order valence-electron chi connectivity index (χ0n) is 11.1. The van der Waals surface area contributed by atoms with Crippen molar-refractivity contribution >= 4 is 37.4 Å². The lowest BCUT2D eigenvalue weighted by atomic mass is 10.1. The number of rotatable bonds is 3. The van der Waals surface area contributed by atoms with Gasteiger partial charge >= 0.3 is 0 Å². The molecule has 0 saturated heterocycles. The molecule has 21 heavy (non-hydrogen) atoms. The fraction of sp³-hybridized carbons (Fsp3) is 0.125. The number of hydrogen-bond donors (Lipinski definition) is 1. The maximum atomic E-state index is 14.2. The maximum absolute atomic E-state index is 14.2. The van der Waals surface area contributed by atoms with E-state index in [1.54, 1.807) is 6.07 Å². The Balaban J connectivity index is 2.13. The van der Waals surface area contributed by atoms with Gasteiger partial charge in [-0.05, 0) is 45.6 Å². The summed E-state index contributed by atoms with van der Waals surface area (Å²) in [5, 5.41) is 11.6. The van der Waals surface area contributed by atoms with E-state index >= 15 is 0 Å². The van der Waals surface area contributed by atoms with Crippen molar-refractivity contribution in [2.75, 3.05) is 7.11 Å². The molecule has 0 aliphatic heterocycles. The third kappa shape index (κ3) is 2.57. The molecule has 3 aromatic rings. The highest BCUT2D eigenvalue weighted by Gasteiger charge is 2.23. The van der Waals surface area contributed by atoms with Crippen LogP contribution < -0.4 is 4.74 Å². The van der Waals surface area contributed by atoms with Crippen molar-refractivity contribution in [3.05, 3.63) is 63.2 Å². The molecule has 0 radical (unpaired) electrons. The van der Waals surface area contributed by atoms with E-state index in [2.05, 4.69) is 15.9 Å². The molecule has 0 amide bonds. The molecule has 1 N–H and O–H groups in total. The molecule has 1 atom stereocenters. The van der Waals surface area contributed by atoms with Gasteiger partial charge in [0.05, 0.1) is 17.1 Å². The number of fused-ring (bicyclic) bond motifs is 1. The Hall–Kier alpha value is -1.43. The summed E-state index contributed by atoms with van der Waals surface area (Å²) in [6.07, 6.45) is -1.06. The van der Waals surface area contributed by atoms with Gasteiger partial charge in [-0.25, -0.2) is 4.39 Å². The molecular formula is C16H12BrFO2S. The molecule has 108 valence electrons. The van der Waals surface area contributed by atoms with Gasteiger partial charge in [-0.3, -0.25) is 0 Å². The number of hydrogen-bond acceptors (Lipinski definition) is 3. The van der Waals surface area contributed by atoms with Crippen molar-refractivity contribution in [2.45, 2.75) is 6.10 Å². The Labute approximate surface area is 133 Å². The van der Waals surface area contributed by atoms with Gasteiger partial charge in [-0.1, -0.05) is 18.2 Å². The van der Waals surface area contributed by atoms with Crippen molar-refractivity contribution < 1.29 is 14.2 Å². The van der Waals surface area contributed by atoms with Crippen molar-refractivity contribution in [1.29, 1.82) is 0 Å². The average Bonchev–Trinajstić information content (AvgIpc) is 2.92. The number of benzene rings is 2. The summed E-state index contributed by atoms with van der Waals surface area (Å²) in [5.74, 6) is -0.167. The van der Waals surface area contributed by atoms with E-state index in [9.17, 15) is 9.50 Å². The van der Waals surface area contributed by atoms with Gasteiger partial charge in [0.25, 0.3) is 0 Å². The average molecular weight is 367 g/mol. The zero-order chi connectivity index (χ0) is 15.0. The fourth-order valence-electron chi connectivity index (χ4n) is 2.29. The molecule has 0 fully saturated rings. The van der Waals surface area contributed by atoms with Crippen LogP contribution in [0.25, 0.3) is 10.1 Å². The minimum Gasteiger partial charge on any atom is -0.495 e. The van der Waals surface area contributed by atoms with Crippen LogP contribution in [0.2, 0.25) is 0 Å². The quantitative estimate of drug-likeness (QED) is 0.714. The Morgan fingerprint density at radius 3 is 2.71 bits per heavy atom. The highest BCUT2D eigenvalue weighted by atomic mass is 79.9. The van der Waals surface area contributed by atoms with Crippen LogP contribution in [0.15, 0.2) is 46.9 Å². The summed E-state index contributed by atoms with van der Waals surface area (Å²) in [7, 11) is 1.46. The summed E-state index contributed by atoms with van der Waals surface area (Å²) in [6.45, 7) is 0. The van der Waals surface area contributed by atoms with Crippen molar-refractivity contribution in [2.24, 2.45) is 0 Å². The molecule has 0 aliphatic carbocycles. The monoisotopic (exact) mass is 366 g/mol. The summed E-state index contributed by atoms with van der Waals surface area (Å²) >= 11 is 4.76. The number of ether oxygens (including phenoxy) is 1. The third-order valence-electron chi connectivity index (χ3n) is 3.29. The molecule has 2 aromatic carbocycles. The van der Waals surface area contributed by atoms with Crippen LogP contribution >= 0.6 is 27.3 Å². The second-order valence-corrected chi connectivity index (χ2v) is 6.53. The Morgan fingerprint density at radius 2 is 2.00 bits per heavy atom. The predicted molar refractivity (Wildman–Crippen MR) is 86.5 cm³/mol. The minimum atomic E-state index is -1.06. The normalized spacial score (nSPS) is 12.6.